The molecule has 0 spiro atoms. The van der Waals surface area contributed by atoms with Gasteiger partial charge in [-0.25, -0.2) is 8.42 Å². The molecule has 0 saturated carbocycles. The summed E-state index contributed by atoms with van der Waals surface area (Å²) >= 11 is 0. The van der Waals surface area contributed by atoms with Gasteiger partial charge in [-0.1, -0.05) is 0 Å². The first-order valence-electron chi connectivity index (χ1n) is 9.69. The minimum Gasteiger partial charge on any atom is -0.378 e. The van der Waals surface area contributed by atoms with Gasteiger partial charge in [0.05, 0.1) is 27.3 Å². The van der Waals surface area contributed by atoms with Crippen LogP contribution in [0.3, 0.4) is 0 Å². The number of benzene rings is 1. The van der Waals surface area contributed by atoms with Crippen LogP contribution >= 0.6 is 0 Å². The van der Waals surface area contributed by atoms with Crippen LogP contribution < -0.4 is 10.6 Å². The Labute approximate surface area is 185 Å². The normalized spacial score (nSPS) is 11.2. The second-order valence-electron chi connectivity index (χ2n) is 7.22. The van der Waals surface area contributed by atoms with Gasteiger partial charge in [0.15, 0.2) is 9.84 Å². The molecule has 168 valence electrons. The van der Waals surface area contributed by atoms with Gasteiger partial charge in [0.2, 0.25) is 0 Å². The van der Waals surface area contributed by atoms with Gasteiger partial charge in [-0.05, 0) is 44.2 Å². The number of nitro groups is 1. The average Bonchev–Trinajstić information content (AvgIpc) is 3.04. The molecule has 0 saturated heterocycles. The number of amides is 1. The Morgan fingerprint density at radius 3 is 2.56 bits per heavy atom. The lowest BCUT2D eigenvalue weighted by Gasteiger charge is -2.10. The van der Waals surface area contributed by atoms with E-state index in [0.29, 0.717) is 5.56 Å². The number of rotatable bonds is 8. The summed E-state index contributed by atoms with van der Waals surface area (Å²) in [6, 6.07) is 9.18. The summed E-state index contributed by atoms with van der Waals surface area (Å²) in [5.74, 6) is -0.267. The maximum atomic E-state index is 12.7. The first-order chi connectivity index (χ1) is 15.1. The van der Waals surface area contributed by atoms with E-state index in [9.17, 15) is 23.3 Å². The molecule has 0 aliphatic rings. The third kappa shape index (κ3) is 4.94. The van der Waals surface area contributed by atoms with Crippen molar-refractivity contribution in [3.63, 3.8) is 0 Å². The van der Waals surface area contributed by atoms with E-state index in [2.05, 4.69) is 15.6 Å². The third-order valence-corrected chi connectivity index (χ3v) is 6.01. The van der Waals surface area contributed by atoms with E-state index in [0.717, 1.165) is 29.4 Å². The van der Waals surface area contributed by atoms with Crippen molar-refractivity contribution in [2.24, 2.45) is 0 Å². The zero-order valence-electron chi connectivity index (χ0n) is 17.8. The number of aryl methyl sites for hydroxylation is 1. The van der Waals surface area contributed by atoms with E-state index >= 15 is 0 Å². The molecule has 3 aromatic rings. The highest BCUT2D eigenvalue weighted by Crippen LogP contribution is 2.27. The number of carbonyl (C=O) groups is 1. The van der Waals surface area contributed by atoms with Crippen molar-refractivity contribution in [3.8, 4) is 5.69 Å². The van der Waals surface area contributed by atoms with Gasteiger partial charge in [0.1, 0.15) is 5.69 Å². The van der Waals surface area contributed by atoms with Gasteiger partial charge in [0.25, 0.3) is 11.6 Å². The Morgan fingerprint density at radius 2 is 1.94 bits per heavy atom. The molecule has 0 unspecified atom stereocenters. The molecule has 0 aliphatic carbocycles. The molecule has 2 aromatic heterocycles. The number of anilines is 1. The number of aromatic nitrogens is 2. The molecule has 1 amide bonds. The standard InChI is InChI=1S/C21H23N5O5S/c1-14-11-18(15(2)25(14)16-5-4-8-22-13-16)21(27)24-10-9-23-19-7-6-17(32(3,30)31)12-20(19)26(28)29/h4-8,11-13,23H,9-10H2,1-3H3,(H,24,27). The molecule has 32 heavy (non-hydrogen) atoms. The van der Waals surface area contributed by atoms with Crippen molar-refractivity contribution in [1.82, 2.24) is 14.9 Å². The third-order valence-electron chi connectivity index (χ3n) is 4.90. The van der Waals surface area contributed by atoms with Crippen molar-refractivity contribution >= 4 is 27.1 Å². The number of carbonyl (C=O) groups excluding carboxylic acids is 1. The number of pyridine rings is 1. The van der Waals surface area contributed by atoms with Crippen molar-refractivity contribution in [1.29, 1.82) is 0 Å². The van der Waals surface area contributed by atoms with E-state index in [1.165, 1.54) is 12.1 Å². The zero-order valence-corrected chi connectivity index (χ0v) is 18.6. The van der Waals surface area contributed by atoms with Crippen LogP contribution in [-0.2, 0) is 9.84 Å². The summed E-state index contributed by atoms with van der Waals surface area (Å²) in [4.78, 5) is 27.3. The maximum absolute atomic E-state index is 12.7. The van der Waals surface area contributed by atoms with Crippen molar-refractivity contribution in [2.45, 2.75) is 18.7 Å². The summed E-state index contributed by atoms with van der Waals surface area (Å²) in [7, 11) is -3.56. The lowest BCUT2D eigenvalue weighted by atomic mass is 10.2. The predicted molar refractivity (Wildman–Crippen MR) is 120 cm³/mol. The number of nitrogens with zero attached hydrogens (tertiary/aromatic N) is 3. The monoisotopic (exact) mass is 457 g/mol. The second kappa shape index (κ2) is 9.18. The maximum Gasteiger partial charge on any atom is 0.293 e. The van der Waals surface area contributed by atoms with Crippen LogP contribution in [-0.4, -0.2) is 48.1 Å². The average molecular weight is 458 g/mol. The van der Waals surface area contributed by atoms with Crippen molar-refractivity contribution in [3.05, 3.63) is 75.9 Å². The summed E-state index contributed by atoms with van der Waals surface area (Å²) < 4.78 is 25.2. The second-order valence-corrected chi connectivity index (χ2v) is 9.24. The zero-order chi connectivity index (χ0) is 23.5. The lowest BCUT2D eigenvalue weighted by molar-refractivity contribution is -0.384. The number of nitro benzene ring substituents is 1. The smallest absolute Gasteiger partial charge is 0.293 e. The summed E-state index contributed by atoms with van der Waals surface area (Å²) in [5.41, 5.74) is 2.86. The van der Waals surface area contributed by atoms with Crippen LogP contribution in [0.15, 0.2) is 53.7 Å². The van der Waals surface area contributed by atoms with Gasteiger partial charge in [-0.15, -0.1) is 0 Å². The quantitative estimate of drug-likeness (QED) is 0.301. The molecule has 10 nitrogen and oxygen atoms in total. The molecule has 0 atom stereocenters. The first-order valence-corrected chi connectivity index (χ1v) is 11.6. The topological polar surface area (TPSA) is 136 Å². The summed E-state index contributed by atoms with van der Waals surface area (Å²) in [6.07, 6.45) is 4.38. The van der Waals surface area contributed by atoms with Gasteiger partial charge in [0, 0.05) is 43.0 Å². The summed E-state index contributed by atoms with van der Waals surface area (Å²) in [6.45, 7) is 4.17. The minimum absolute atomic E-state index is 0.132. The van der Waals surface area contributed by atoms with Gasteiger partial charge >= 0.3 is 0 Å². The predicted octanol–water partition coefficient (Wildman–Crippen LogP) is 2.64. The highest BCUT2D eigenvalue weighted by Gasteiger charge is 2.19. The SMILES string of the molecule is Cc1cc(C(=O)NCCNc2ccc(S(C)(=O)=O)cc2[N+](=O)[O-])c(C)n1-c1cccnc1. The molecule has 0 aliphatic heterocycles. The Kier molecular flexibility index (Phi) is 6.58. The molecule has 0 radical (unpaired) electrons. The largest absolute Gasteiger partial charge is 0.378 e. The van der Waals surface area contributed by atoms with Gasteiger partial charge < -0.3 is 15.2 Å². The van der Waals surface area contributed by atoms with Crippen LogP contribution in [0.4, 0.5) is 11.4 Å². The van der Waals surface area contributed by atoms with Crippen LogP contribution in [0.2, 0.25) is 0 Å². The molecule has 11 heteroatoms. The van der Waals surface area contributed by atoms with E-state index in [-0.39, 0.29) is 35.3 Å². The number of hydrogen-bond acceptors (Lipinski definition) is 7. The number of sulfone groups is 1. The first kappa shape index (κ1) is 22.9. The van der Waals surface area contributed by atoms with Crippen LogP contribution in [0.25, 0.3) is 5.69 Å². The van der Waals surface area contributed by atoms with E-state index in [1.807, 2.05) is 30.5 Å². The van der Waals surface area contributed by atoms with Crippen molar-refractivity contribution in [2.75, 3.05) is 24.7 Å². The molecule has 2 heterocycles. The molecule has 0 bridgehead atoms. The summed E-state index contributed by atoms with van der Waals surface area (Å²) in [5, 5.41) is 17.0. The van der Waals surface area contributed by atoms with Gasteiger partial charge in [-0.3, -0.25) is 19.9 Å². The van der Waals surface area contributed by atoms with Crippen LogP contribution in [0.1, 0.15) is 21.7 Å². The van der Waals surface area contributed by atoms with Gasteiger partial charge in [-0.2, -0.15) is 0 Å². The van der Waals surface area contributed by atoms with E-state index in [4.69, 9.17) is 0 Å². The Morgan fingerprint density at radius 1 is 1.19 bits per heavy atom. The molecule has 0 fully saturated rings. The Bertz CT molecular complexity index is 1270. The molecular formula is C21H23N5O5S. The van der Waals surface area contributed by atoms with Crippen LogP contribution in [0.5, 0.6) is 0 Å². The molecule has 1 aromatic carbocycles. The van der Waals surface area contributed by atoms with Crippen LogP contribution in [0, 0.1) is 24.0 Å². The fraction of sp³-hybridized carbons (Fsp3) is 0.238. The molecule has 3 rings (SSSR count). The molecule has 2 N–H and O–H groups in total. The lowest BCUT2D eigenvalue weighted by Crippen LogP contribution is -2.29. The fourth-order valence-electron chi connectivity index (χ4n) is 3.39. The Balaban J connectivity index is 1.66. The minimum atomic E-state index is -3.56. The number of nitrogens with one attached hydrogen (secondary N) is 2. The van der Waals surface area contributed by atoms with E-state index < -0.39 is 14.8 Å². The Hall–Kier alpha value is -3.73. The highest BCUT2D eigenvalue weighted by molar-refractivity contribution is 7.90. The highest BCUT2D eigenvalue weighted by atomic mass is 32.2. The fourth-order valence-corrected chi connectivity index (χ4v) is 4.03. The van der Waals surface area contributed by atoms with E-state index in [1.54, 1.807) is 18.5 Å². The molecular weight excluding hydrogens is 434 g/mol. The number of hydrogen-bond donors (Lipinski definition) is 2. The van der Waals surface area contributed by atoms with Crippen molar-refractivity contribution < 1.29 is 18.1 Å².